The monoisotopic (exact) mass is 368 g/mol. The summed E-state index contributed by atoms with van der Waals surface area (Å²) in [6.07, 6.45) is 0.860. The van der Waals surface area contributed by atoms with E-state index in [2.05, 4.69) is 5.32 Å². The lowest BCUT2D eigenvalue weighted by atomic mass is 10.1. The van der Waals surface area contributed by atoms with Crippen LogP contribution in [0.2, 0.25) is 0 Å². The Labute approximate surface area is 159 Å². The summed E-state index contributed by atoms with van der Waals surface area (Å²) in [6.45, 7) is 0.884. The lowest BCUT2D eigenvalue weighted by Gasteiger charge is -2.16. The first kappa shape index (κ1) is 18.8. The van der Waals surface area contributed by atoms with E-state index in [1.165, 1.54) is 0 Å². The molecule has 2 aromatic rings. The zero-order valence-electron chi connectivity index (χ0n) is 15.6. The third-order valence-electron chi connectivity index (χ3n) is 4.74. The van der Waals surface area contributed by atoms with Crippen LogP contribution in [0.4, 0.5) is 5.69 Å². The van der Waals surface area contributed by atoms with Gasteiger partial charge in [0.1, 0.15) is 11.5 Å². The van der Waals surface area contributed by atoms with E-state index in [0.29, 0.717) is 19.5 Å². The number of hydrogen-bond acceptors (Lipinski definition) is 4. The first-order chi connectivity index (χ1) is 13.1. The van der Waals surface area contributed by atoms with E-state index in [-0.39, 0.29) is 24.2 Å². The Bertz CT molecular complexity index is 807. The lowest BCUT2D eigenvalue weighted by Crippen LogP contribution is -2.34. The summed E-state index contributed by atoms with van der Waals surface area (Å²) in [6, 6.07) is 15.0. The number of anilines is 1. The van der Waals surface area contributed by atoms with Crippen molar-refractivity contribution in [3.63, 3.8) is 0 Å². The SMILES string of the molecule is COc1ccc(OC)c(CCNC(=O)C2CC(=O)N(c3ccccc3)C2)c1. The number of benzene rings is 2. The quantitative estimate of drug-likeness (QED) is 0.815. The number of methoxy groups -OCH3 is 2. The Morgan fingerprint density at radius 3 is 2.63 bits per heavy atom. The second-order valence-corrected chi connectivity index (χ2v) is 6.46. The van der Waals surface area contributed by atoms with E-state index in [4.69, 9.17) is 9.47 Å². The van der Waals surface area contributed by atoms with Gasteiger partial charge in [-0.3, -0.25) is 9.59 Å². The van der Waals surface area contributed by atoms with Gasteiger partial charge in [-0.1, -0.05) is 18.2 Å². The minimum atomic E-state index is -0.329. The second kappa shape index (κ2) is 8.58. The zero-order valence-corrected chi connectivity index (χ0v) is 15.6. The van der Waals surface area contributed by atoms with E-state index in [1.807, 2.05) is 48.5 Å². The van der Waals surface area contributed by atoms with Gasteiger partial charge in [0.2, 0.25) is 11.8 Å². The van der Waals surface area contributed by atoms with Crippen molar-refractivity contribution in [3.8, 4) is 11.5 Å². The number of ether oxygens (including phenoxy) is 2. The van der Waals surface area contributed by atoms with Crippen LogP contribution in [-0.2, 0) is 16.0 Å². The fourth-order valence-corrected chi connectivity index (χ4v) is 3.28. The minimum Gasteiger partial charge on any atom is -0.497 e. The minimum absolute atomic E-state index is 0.0178. The molecule has 0 bridgehead atoms. The van der Waals surface area contributed by atoms with E-state index >= 15 is 0 Å². The average Bonchev–Trinajstić information content (AvgIpc) is 3.10. The molecule has 0 saturated carbocycles. The van der Waals surface area contributed by atoms with Crippen LogP contribution in [0, 0.1) is 5.92 Å². The van der Waals surface area contributed by atoms with Gasteiger partial charge in [-0.2, -0.15) is 0 Å². The maximum absolute atomic E-state index is 12.5. The summed E-state index contributed by atoms with van der Waals surface area (Å²) >= 11 is 0. The third-order valence-corrected chi connectivity index (χ3v) is 4.74. The normalized spacial score (nSPS) is 16.3. The Morgan fingerprint density at radius 2 is 1.93 bits per heavy atom. The highest BCUT2D eigenvalue weighted by Gasteiger charge is 2.34. The van der Waals surface area contributed by atoms with Gasteiger partial charge in [0.25, 0.3) is 0 Å². The van der Waals surface area contributed by atoms with Gasteiger partial charge in [0, 0.05) is 25.2 Å². The fourth-order valence-electron chi connectivity index (χ4n) is 3.28. The van der Waals surface area contributed by atoms with Crippen LogP contribution in [0.15, 0.2) is 48.5 Å². The van der Waals surface area contributed by atoms with Gasteiger partial charge in [-0.05, 0) is 42.3 Å². The van der Waals surface area contributed by atoms with Crippen molar-refractivity contribution < 1.29 is 19.1 Å². The molecule has 2 amide bonds. The van der Waals surface area contributed by atoms with Gasteiger partial charge >= 0.3 is 0 Å². The molecule has 0 radical (unpaired) electrons. The molecular weight excluding hydrogens is 344 g/mol. The van der Waals surface area contributed by atoms with Gasteiger partial charge in [-0.25, -0.2) is 0 Å². The summed E-state index contributed by atoms with van der Waals surface area (Å²) in [5, 5.41) is 2.94. The predicted molar refractivity (Wildman–Crippen MR) is 103 cm³/mol. The van der Waals surface area contributed by atoms with Crippen molar-refractivity contribution >= 4 is 17.5 Å². The fraction of sp³-hybridized carbons (Fsp3) is 0.333. The summed E-state index contributed by atoms with van der Waals surface area (Å²) in [5.74, 6) is 1.07. The molecule has 1 aliphatic heterocycles. The smallest absolute Gasteiger partial charge is 0.227 e. The maximum Gasteiger partial charge on any atom is 0.227 e. The molecule has 1 fully saturated rings. The summed E-state index contributed by atoms with van der Waals surface area (Å²) in [7, 11) is 3.23. The predicted octanol–water partition coefficient (Wildman–Crippen LogP) is 2.42. The van der Waals surface area contributed by atoms with E-state index in [9.17, 15) is 9.59 Å². The van der Waals surface area contributed by atoms with Crippen molar-refractivity contribution in [2.45, 2.75) is 12.8 Å². The largest absolute Gasteiger partial charge is 0.497 e. The van der Waals surface area contributed by atoms with Crippen LogP contribution in [0.1, 0.15) is 12.0 Å². The van der Waals surface area contributed by atoms with Crippen molar-refractivity contribution in [2.24, 2.45) is 5.92 Å². The highest BCUT2D eigenvalue weighted by molar-refractivity contribution is 6.00. The number of rotatable bonds is 7. The van der Waals surface area contributed by atoms with E-state index in [0.717, 1.165) is 22.7 Å². The number of nitrogens with one attached hydrogen (secondary N) is 1. The zero-order chi connectivity index (χ0) is 19.2. The van der Waals surface area contributed by atoms with Crippen LogP contribution in [-0.4, -0.2) is 39.1 Å². The molecule has 27 heavy (non-hydrogen) atoms. The molecular formula is C21H24N2O4. The molecule has 6 nitrogen and oxygen atoms in total. The van der Waals surface area contributed by atoms with Crippen LogP contribution >= 0.6 is 0 Å². The molecule has 1 saturated heterocycles. The Kier molecular flexibility index (Phi) is 5.96. The molecule has 142 valence electrons. The first-order valence-corrected chi connectivity index (χ1v) is 8.96. The first-order valence-electron chi connectivity index (χ1n) is 8.96. The van der Waals surface area contributed by atoms with E-state index in [1.54, 1.807) is 19.1 Å². The molecule has 1 unspecified atom stereocenters. The molecule has 2 aromatic carbocycles. The number of nitrogens with zero attached hydrogens (tertiary/aromatic N) is 1. The average molecular weight is 368 g/mol. The van der Waals surface area contributed by atoms with Crippen LogP contribution in [0.25, 0.3) is 0 Å². The second-order valence-electron chi connectivity index (χ2n) is 6.46. The lowest BCUT2D eigenvalue weighted by molar-refractivity contribution is -0.126. The number of para-hydroxylation sites is 1. The van der Waals surface area contributed by atoms with Gasteiger partial charge in [0.15, 0.2) is 0 Å². The molecule has 1 N–H and O–H groups in total. The number of carbonyl (C=O) groups excluding carboxylic acids is 2. The number of hydrogen-bond donors (Lipinski definition) is 1. The Morgan fingerprint density at radius 1 is 1.15 bits per heavy atom. The van der Waals surface area contributed by atoms with Crippen LogP contribution in [0.5, 0.6) is 11.5 Å². The molecule has 6 heteroatoms. The van der Waals surface area contributed by atoms with Gasteiger partial charge in [0.05, 0.1) is 20.1 Å². The Balaban J connectivity index is 1.55. The summed E-state index contributed by atoms with van der Waals surface area (Å²) in [5.41, 5.74) is 1.80. The maximum atomic E-state index is 12.5. The molecule has 1 heterocycles. The van der Waals surface area contributed by atoms with Crippen LogP contribution < -0.4 is 19.7 Å². The summed E-state index contributed by atoms with van der Waals surface area (Å²) in [4.78, 5) is 26.4. The standard InChI is InChI=1S/C21H24N2O4/c1-26-18-8-9-19(27-2)15(12-18)10-11-22-21(25)16-13-20(24)23(14-16)17-6-4-3-5-7-17/h3-9,12,16H,10-11,13-14H2,1-2H3,(H,22,25). The molecule has 3 rings (SSSR count). The molecule has 0 aromatic heterocycles. The Hall–Kier alpha value is -3.02. The van der Waals surface area contributed by atoms with Crippen molar-refractivity contribution in [1.29, 1.82) is 0 Å². The highest BCUT2D eigenvalue weighted by atomic mass is 16.5. The van der Waals surface area contributed by atoms with E-state index < -0.39 is 0 Å². The molecule has 0 spiro atoms. The van der Waals surface area contributed by atoms with Crippen molar-refractivity contribution in [3.05, 3.63) is 54.1 Å². The number of carbonyl (C=O) groups is 2. The van der Waals surface area contributed by atoms with Crippen molar-refractivity contribution in [2.75, 3.05) is 32.2 Å². The topological polar surface area (TPSA) is 67.9 Å². The molecule has 0 aliphatic carbocycles. The highest BCUT2D eigenvalue weighted by Crippen LogP contribution is 2.26. The summed E-state index contributed by atoms with van der Waals surface area (Å²) < 4.78 is 10.6. The third kappa shape index (κ3) is 4.39. The molecule has 1 aliphatic rings. The van der Waals surface area contributed by atoms with Gasteiger partial charge in [-0.15, -0.1) is 0 Å². The van der Waals surface area contributed by atoms with Gasteiger partial charge < -0.3 is 19.7 Å². The van der Waals surface area contributed by atoms with Crippen LogP contribution in [0.3, 0.4) is 0 Å². The number of amides is 2. The van der Waals surface area contributed by atoms with Crippen molar-refractivity contribution in [1.82, 2.24) is 5.32 Å². The molecule has 1 atom stereocenters.